The third kappa shape index (κ3) is 5.53. The van der Waals surface area contributed by atoms with Crippen LogP contribution < -0.4 is 9.47 Å². The SMILES string of the molecule is C=C1OC(=O)c2cc(C(=O)Oc3ccc(-c4ccc(OC)cc4)cc3)ccc21.C=C1OC(=O)c2cc(C=O)ccc21. The maximum absolute atomic E-state index is 12.4. The fraction of sp³-hybridized carbons (Fsp3) is 0.0303. The van der Waals surface area contributed by atoms with Gasteiger partial charge in [-0.25, -0.2) is 14.4 Å². The molecule has 0 aliphatic carbocycles. The Morgan fingerprint density at radius 1 is 0.683 bits per heavy atom. The summed E-state index contributed by atoms with van der Waals surface area (Å²) in [6, 6.07) is 24.3. The van der Waals surface area contributed by atoms with E-state index >= 15 is 0 Å². The quantitative estimate of drug-likeness (QED) is 0.162. The van der Waals surface area contributed by atoms with Gasteiger partial charge in [-0.05, 0) is 65.7 Å². The Morgan fingerprint density at radius 3 is 1.73 bits per heavy atom. The Morgan fingerprint density at radius 2 is 1.20 bits per heavy atom. The highest BCUT2D eigenvalue weighted by atomic mass is 16.5. The molecule has 2 aliphatic heterocycles. The van der Waals surface area contributed by atoms with Crippen molar-refractivity contribution in [2.75, 3.05) is 7.11 Å². The van der Waals surface area contributed by atoms with E-state index in [-0.39, 0.29) is 11.3 Å². The molecule has 6 rings (SSSR count). The van der Waals surface area contributed by atoms with Gasteiger partial charge in [-0.3, -0.25) is 4.79 Å². The molecule has 8 heteroatoms. The summed E-state index contributed by atoms with van der Waals surface area (Å²) < 4.78 is 20.3. The molecule has 0 saturated carbocycles. The molecule has 0 fully saturated rings. The van der Waals surface area contributed by atoms with Crippen LogP contribution in [0, 0.1) is 0 Å². The monoisotopic (exact) mass is 546 g/mol. The molecule has 2 aliphatic rings. The average Bonchev–Trinajstić information content (AvgIpc) is 3.45. The molecule has 0 N–H and O–H groups in total. The van der Waals surface area contributed by atoms with Gasteiger partial charge >= 0.3 is 17.9 Å². The lowest BCUT2D eigenvalue weighted by Gasteiger charge is -2.07. The summed E-state index contributed by atoms with van der Waals surface area (Å²) in [4.78, 5) is 45.8. The molecule has 0 radical (unpaired) electrons. The van der Waals surface area contributed by atoms with Crippen LogP contribution in [0.2, 0.25) is 0 Å². The van der Waals surface area contributed by atoms with Crippen LogP contribution in [0.5, 0.6) is 11.5 Å². The molecule has 202 valence electrons. The van der Waals surface area contributed by atoms with Crippen LogP contribution in [0.3, 0.4) is 0 Å². The van der Waals surface area contributed by atoms with Crippen molar-refractivity contribution in [1.29, 1.82) is 0 Å². The third-order valence-electron chi connectivity index (χ3n) is 6.40. The van der Waals surface area contributed by atoms with Crippen molar-refractivity contribution >= 4 is 35.7 Å². The first kappa shape index (κ1) is 26.8. The summed E-state index contributed by atoms with van der Waals surface area (Å²) in [7, 11) is 1.62. The zero-order valence-corrected chi connectivity index (χ0v) is 21.8. The number of esters is 3. The van der Waals surface area contributed by atoms with E-state index in [9.17, 15) is 19.2 Å². The van der Waals surface area contributed by atoms with Crippen LogP contribution in [0.4, 0.5) is 0 Å². The largest absolute Gasteiger partial charge is 0.497 e. The van der Waals surface area contributed by atoms with Gasteiger partial charge in [-0.2, -0.15) is 0 Å². The number of rotatable bonds is 5. The third-order valence-corrected chi connectivity index (χ3v) is 6.40. The number of cyclic esters (lactones) is 2. The number of fused-ring (bicyclic) bond motifs is 2. The number of methoxy groups -OCH3 is 1. The Hall–Kier alpha value is -5.76. The summed E-state index contributed by atoms with van der Waals surface area (Å²) in [6.07, 6.45) is 0.689. The molecule has 0 unspecified atom stereocenters. The minimum atomic E-state index is -0.551. The number of carbonyl (C=O) groups excluding carboxylic acids is 4. The van der Waals surface area contributed by atoms with Crippen molar-refractivity contribution in [1.82, 2.24) is 0 Å². The molecular formula is C33H22O8. The van der Waals surface area contributed by atoms with E-state index in [1.807, 2.05) is 36.4 Å². The summed E-state index contributed by atoms with van der Waals surface area (Å²) in [5, 5.41) is 0. The number of carbonyl (C=O) groups is 4. The molecule has 41 heavy (non-hydrogen) atoms. The molecule has 4 aromatic carbocycles. The average molecular weight is 547 g/mol. The summed E-state index contributed by atoms with van der Waals surface area (Å²) in [5.74, 6) is 0.324. The van der Waals surface area contributed by atoms with Gasteiger partial charge in [-0.1, -0.05) is 43.5 Å². The summed E-state index contributed by atoms with van der Waals surface area (Å²) in [6.45, 7) is 7.23. The lowest BCUT2D eigenvalue weighted by molar-refractivity contribution is 0.0705. The van der Waals surface area contributed by atoms with E-state index in [4.69, 9.17) is 18.9 Å². The molecule has 4 aromatic rings. The Labute approximate surface area is 235 Å². The second-order valence-electron chi connectivity index (χ2n) is 8.95. The van der Waals surface area contributed by atoms with Crippen molar-refractivity contribution in [2.24, 2.45) is 0 Å². The second-order valence-corrected chi connectivity index (χ2v) is 8.95. The molecule has 8 nitrogen and oxygen atoms in total. The first-order valence-corrected chi connectivity index (χ1v) is 12.3. The molecule has 0 amide bonds. The van der Waals surface area contributed by atoms with Crippen LogP contribution in [0.25, 0.3) is 22.6 Å². The van der Waals surface area contributed by atoms with Gasteiger partial charge in [0.05, 0.1) is 23.8 Å². The van der Waals surface area contributed by atoms with E-state index in [1.54, 1.807) is 43.5 Å². The van der Waals surface area contributed by atoms with E-state index in [1.165, 1.54) is 12.1 Å². The molecular weight excluding hydrogens is 524 g/mol. The highest BCUT2D eigenvalue weighted by molar-refractivity contribution is 6.05. The zero-order chi connectivity index (χ0) is 29.1. The zero-order valence-electron chi connectivity index (χ0n) is 21.8. The predicted molar refractivity (Wildman–Crippen MR) is 151 cm³/mol. The molecule has 0 spiro atoms. The molecule has 0 saturated heterocycles. The normalized spacial score (nSPS) is 12.8. The number of ether oxygens (including phenoxy) is 4. The Kier molecular flexibility index (Phi) is 7.30. The molecule has 0 atom stereocenters. The fourth-order valence-electron chi connectivity index (χ4n) is 4.24. The van der Waals surface area contributed by atoms with Crippen LogP contribution >= 0.6 is 0 Å². The summed E-state index contributed by atoms with van der Waals surface area (Å²) >= 11 is 0. The minimum absolute atomic E-state index is 0.268. The second kappa shape index (κ2) is 11.2. The lowest BCUT2D eigenvalue weighted by atomic mass is 10.0. The summed E-state index contributed by atoms with van der Waals surface area (Å²) in [5.41, 5.74) is 4.72. The van der Waals surface area contributed by atoms with Crippen molar-refractivity contribution in [3.8, 4) is 22.6 Å². The minimum Gasteiger partial charge on any atom is -0.497 e. The lowest BCUT2D eigenvalue weighted by Crippen LogP contribution is -2.09. The van der Waals surface area contributed by atoms with Gasteiger partial charge in [-0.15, -0.1) is 0 Å². The van der Waals surface area contributed by atoms with Gasteiger partial charge in [0, 0.05) is 16.7 Å². The van der Waals surface area contributed by atoms with Crippen LogP contribution in [0.1, 0.15) is 52.6 Å². The van der Waals surface area contributed by atoms with Gasteiger partial charge in [0.2, 0.25) is 0 Å². The predicted octanol–water partition coefficient (Wildman–Crippen LogP) is 6.36. The van der Waals surface area contributed by atoms with Gasteiger partial charge in [0.1, 0.15) is 29.3 Å². The number of aldehydes is 1. The van der Waals surface area contributed by atoms with Crippen molar-refractivity contribution in [2.45, 2.75) is 0 Å². The highest BCUT2D eigenvalue weighted by Crippen LogP contribution is 2.30. The van der Waals surface area contributed by atoms with Crippen LogP contribution in [0.15, 0.2) is 98.1 Å². The first-order valence-electron chi connectivity index (χ1n) is 12.3. The number of benzene rings is 4. The standard InChI is InChI=1S/C23H16O5.C10H6O3/c1-14-20-12-7-17(13-21(20)23(25)27-14)22(24)28-19-10-5-16(6-11-19)15-3-8-18(26-2)9-4-15;1-6-8-3-2-7(5-11)4-9(8)10(12)13-6/h3-13H,1H2,2H3;2-5H,1H2. The Bertz CT molecular complexity index is 1730. The topological polar surface area (TPSA) is 105 Å². The maximum Gasteiger partial charge on any atom is 0.344 e. The number of hydrogen-bond acceptors (Lipinski definition) is 8. The van der Waals surface area contributed by atoms with E-state index in [2.05, 4.69) is 13.2 Å². The fourth-order valence-corrected chi connectivity index (χ4v) is 4.24. The van der Waals surface area contributed by atoms with Gasteiger partial charge in [0.25, 0.3) is 0 Å². The first-order chi connectivity index (χ1) is 19.8. The molecule has 0 aromatic heterocycles. The van der Waals surface area contributed by atoms with Crippen molar-refractivity contribution in [3.63, 3.8) is 0 Å². The van der Waals surface area contributed by atoms with E-state index in [0.717, 1.165) is 16.9 Å². The highest BCUT2D eigenvalue weighted by Gasteiger charge is 2.27. The van der Waals surface area contributed by atoms with E-state index in [0.29, 0.717) is 45.6 Å². The smallest absolute Gasteiger partial charge is 0.344 e. The maximum atomic E-state index is 12.4. The Balaban J connectivity index is 0.000000216. The molecule has 0 bridgehead atoms. The van der Waals surface area contributed by atoms with E-state index < -0.39 is 17.9 Å². The van der Waals surface area contributed by atoms with Gasteiger partial charge in [0.15, 0.2) is 0 Å². The van der Waals surface area contributed by atoms with Crippen molar-refractivity contribution in [3.05, 3.63) is 131 Å². The van der Waals surface area contributed by atoms with Gasteiger partial charge < -0.3 is 18.9 Å². The number of hydrogen-bond donors (Lipinski definition) is 0. The van der Waals surface area contributed by atoms with Crippen molar-refractivity contribution < 1.29 is 38.1 Å². The van der Waals surface area contributed by atoms with Crippen LogP contribution in [-0.2, 0) is 9.47 Å². The molecule has 2 heterocycles. The van der Waals surface area contributed by atoms with Crippen LogP contribution in [-0.4, -0.2) is 31.3 Å².